The van der Waals surface area contributed by atoms with Gasteiger partial charge in [0.2, 0.25) is 0 Å². The zero-order chi connectivity index (χ0) is 33.1. The van der Waals surface area contributed by atoms with Crippen LogP contribution in [-0.2, 0) is 6.61 Å². The number of nitrogens with zero attached hydrogens (tertiary/aromatic N) is 3. The van der Waals surface area contributed by atoms with Crippen LogP contribution in [0.3, 0.4) is 0 Å². The van der Waals surface area contributed by atoms with Gasteiger partial charge < -0.3 is 14.2 Å². The number of fused-ring (bicyclic) bond motifs is 1. The van der Waals surface area contributed by atoms with Gasteiger partial charge in [0.05, 0.1) is 35.3 Å². The van der Waals surface area contributed by atoms with Crippen molar-refractivity contribution in [1.82, 2.24) is 9.66 Å². The lowest BCUT2D eigenvalue weighted by molar-refractivity contribution is 0.267. The van der Waals surface area contributed by atoms with E-state index in [1.807, 2.05) is 68.4 Å². The van der Waals surface area contributed by atoms with Crippen LogP contribution in [0.4, 0.5) is 0 Å². The summed E-state index contributed by atoms with van der Waals surface area (Å²) in [7, 11) is 1.66. The number of aromatic nitrogens is 2. The number of benzene rings is 4. The predicted molar refractivity (Wildman–Crippen MR) is 199 cm³/mol. The topological polar surface area (TPSA) is 74.9 Å². The van der Waals surface area contributed by atoms with E-state index in [0.717, 1.165) is 36.9 Å². The molecule has 0 fully saturated rings. The summed E-state index contributed by atoms with van der Waals surface area (Å²) < 4.78 is 22.5. The van der Waals surface area contributed by atoms with Gasteiger partial charge in [-0.1, -0.05) is 63.9 Å². The third-order valence-corrected chi connectivity index (χ3v) is 10.7. The van der Waals surface area contributed by atoms with Crippen molar-refractivity contribution < 1.29 is 14.2 Å². The average molecular weight is 877 g/mol. The quantitative estimate of drug-likeness (QED) is 0.131. The second kappa shape index (κ2) is 14.8. The molecule has 0 saturated heterocycles. The highest BCUT2D eigenvalue weighted by Gasteiger charge is 2.20. The van der Waals surface area contributed by atoms with E-state index in [4.69, 9.17) is 24.3 Å². The van der Waals surface area contributed by atoms with Crippen molar-refractivity contribution in [2.75, 3.05) is 13.7 Å². The molecule has 5 aromatic rings. The molecule has 0 aliphatic heterocycles. The summed E-state index contributed by atoms with van der Waals surface area (Å²) in [6.07, 6.45) is 1.62. The summed E-state index contributed by atoms with van der Waals surface area (Å²) in [6, 6.07) is 19.1. The fraction of sp³-hybridized carbons (Fsp3) is 0.229. The van der Waals surface area contributed by atoms with E-state index in [9.17, 15) is 4.79 Å². The minimum Gasteiger partial charge on any atom is -0.496 e. The number of rotatable bonds is 10. The zero-order valence-corrected chi connectivity index (χ0v) is 32.2. The number of hydrogen-bond acceptors (Lipinski definition) is 6. The molecular formula is C35H31Br4N3O4. The van der Waals surface area contributed by atoms with Gasteiger partial charge in [-0.15, -0.1) is 0 Å². The molecule has 0 aliphatic rings. The third kappa shape index (κ3) is 7.12. The van der Waals surface area contributed by atoms with Gasteiger partial charge in [0.1, 0.15) is 12.4 Å². The van der Waals surface area contributed by atoms with Gasteiger partial charge in [0.15, 0.2) is 17.3 Å². The highest BCUT2D eigenvalue weighted by atomic mass is 79.9. The van der Waals surface area contributed by atoms with Crippen LogP contribution in [0, 0.1) is 6.92 Å². The molecule has 0 bridgehead atoms. The maximum atomic E-state index is 14.0. The van der Waals surface area contributed by atoms with Gasteiger partial charge in [-0.2, -0.15) is 9.78 Å². The SMILES string of the molecule is CCOc1cc(C=Nn2c(-c3cc(C(C)C)c(OC)cc3C)nc3ccccc3c2=O)c(Br)c(Br)c1OCc1ccc(Br)cc1Br. The first-order valence-electron chi connectivity index (χ1n) is 14.5. The zero-order valence-electron chi connectivity index (χ0n) is 25.8. The molecule has 0 aliphatic carbocycles. The number of methoxy groups -OCH3 is 1. The second-order valence-electron chi connectivity index (χ2n) is 10.8. The van der Waals surface area contributed by atoms with Crippen LogP contribution in [0.5, 0.6) is 17.2 Å². The molecular weight excluding hydrogens is 846 g/mol. The Morgan fingerprint density at radius 2 is 1.72 bits per heavy atom. The molecule has 0 saturated carbocycles. The van der Waals surface area contributed by atoms with Crippen molar-refractivity contribution in [3.63, 3.8) is 0 Å². The van der Waals surface area contributed by atoms with Crippen molar-refractivity contribution >= 4 is 80.8 Å². The number of halogens is 4. The number of aryl methyl sites for hydroxylation is 1. The standard InChI is InChI=1S/C35H31Br4N3O4/c1-6-45-30-14-22(31(38)32(39)33(30)46-18-21-11-12-23(36)15-27(21)37)17-40-42-34(41-28-10-8-7-9-24(28)35(42)43)26-16-25(19(2)3)29(44-5)13-20(26)4/h7-17,19H,6,18H2,1-5H3. The normalized spacial score (nSPS) is 11.5. The minimum absolute atomic E-state index is 0.189. The number of ether oxygens (including phenoxy) is 3. The lowest BCUT2D eigenvalue weighted by atomic mass is 9.96. The smallest absolute Gasteiger partial charge is 0.282 e. The first kappa shape index (κ1) is 34.3. The fourth-order valence-electron chi connectivity index (χ4n) is 4.98. The molecule has 4 aromatic carbocycles. The Labute approximate surface area is 301 Å². The van der Waals surface area contributed by atoms with Gasteiger partial charge in [0, 0.05) is 30.1 Å². The molecule has 11 heteroatoms. The highest BCUT2D eigenvalue weighted by Crippen LogP contribution is 2.43. The van der Waals surface area contributed by atoms with Gasteiger partial charge in [-0.3, -0.25) is 4.79 Å². The molecule has 0 radical (unpaired) electrons. The van der Waals surface area contributed by atoms with Crippen molar-refractivity contribution in [2.24, 2.45) is 5.10 Å². The van der Waals surface area contributed by atoms with Crippen LogP contribution in [0.1, 0.15) is 48.9 Å². The fourth-order valence-corrected chi connectivity index (χ4v) is 7.07. The Morgan fingerprint density at radius 1 is 0.957 bits per heavy atom. The predicted octanol–water partition coefficient (Wildman–Crippen LogP) is 10.4. The largest absolute Gasteiger partial charge is 0.496 e. The van der Waals surface area contributed by atoms with E-state index in [1.165, 1.54) is 4.68 Å². The molecule has 0 atom stereocenters. The monoisotopic (exact) mass is 873 g/mol. The van der Waals surface area contributed by atoms with E-state index in [2.05, 4.69) is 77.6 Å². The summed E-state index contributed by atoms with van der Waals surface area (Å²) in [5.41, 5.74) is 4.68. The van der Waals surface area contributed by atoms with Gasteiger partial charge >= 0.3 is 0 Å². The summed E-state index contributed by atoms with van der Waals surface area (Å²) in [5.74, 6) is 2.49. The molecule has 1 aromatic heterocycles. The maximum absolute atomic E-state index is 14.0. The van der Waals surface area contributed by atoms with E-state index in [1.54, 1.807) is 19.4 Å². The molecule has 7 nitrogen and oxygen atoms in total. The van der Waals surface area contributed by atoms with Crippen LogP contribution in [0.2, 0.25) is 0 Å². The van der Waals surface area contributed by atoms with Crippen LogP contribution >= 0.6 is 63.7 Å². The Morgan fingerprint density at radius 3 is 2.41 bits per heavy atom. The molecule has 0 unspecified atom stereocenters. The second-order valence-corrected chi connectivity index (χ2v) is 14.1. The Balaban J connectivity index is 1.63. The van der Waals surface area contributed by atoms with E-state index in [0.29, 0.717) is 55.9 Å². The molecule has 238 valence electrons. The van der Waals surface area contributed by atoms with Crippen LogP contribution in [0.15, 0.2) is 88.5 Å². The summed E-state index contributed by atoms with van der Waals surface area (Å²) in [5, 5.41) is 5.20. The molecule has 5 rings (SSSR count). The minimum atomic E-state index is -0.279. The Bertz CT molecular complexity index is 2020. The lowest BCUT2D eigenvalue weighted by Gasteiger charge is -2.18. The Kier molecular flexibility index (Phi) is 11.1. The van der Waals surface area contributed by atoms with E-state index >= 15 is 0 Å². The number of hydrogen-bond donors (Lipinski definition) is 0. The number of para-hydroxylation sites is 1. The average Bonchev–Trinajstić information content (AvgIpc) is 3.03. The van der Waals surface area contributed by atoms with Gasteiger partial charge in [-0.05, 0) is 105 Å². The first-order valence-corrected chi connectivity index (χ1v) is 17.7. The molecule has 0 amide bonds. The molecule has 0 spiro atoms. The third-order valence-electron chi connectivity index (χ3n) is 7.35. The van der Waals surface area contributed by atoms with Crippen LogP contribution in [-0.4, -0.2) is 29.6 Å². The van der Waals surface area contributed by atoms with Crippen molar-refractivity contribution in [2.45, 2.75) is 40.2 Å². The molecule has 1 heterocycles. The lowest BCUT2D eigenvalue weighted by Crippen LogP contribution is -2.21. The van der Waals surface area contributed by atoms with Crippen LogP contribution < -0.4 is 19.8 Å². The summed E-state index contributed by atoms with van der Waals surface area (Å²) in [6.45, 7) is 8.83. The Hall–Kier alpha value is -2.99. The van der Waals surface area contributed by atoms with Crippen molar-refractivity contribution in [1.29, 1.82) is 0 Å². The molecule has 0 N–H and O–H groups in total. The van der Waals surface area contributed by atoms with Gasteiger partial charge in [-0.25, -0.2) is 4.98 Å². The van der Waals surface area contributed by atoms with Crippen molar-refractivity contribution in [3.8, 4) is 28.6 Å². The van der Waals surface area contributed by atoms with E-state index < -0.39 is 0 Å². The first-order chi connectivity index (χ1) is 22.0. The highest BCUT2D eigenvalue weighted by molar-refractivity contribution is 9.13. The van der Waals surface area contributed by atoms with Crippen molar-refractivity contribution in [3.05, 3.63) is 111 Å². The molecule has 46 heavy (non-hydrogen) atoms. The van der Waals surface area contributed by atoms with Gasteiger partial charge in [0.25, 0.3) is 5.56 Å². The summed E-state index contributed by atoms with van der Waals surface area (Å²) >= 11 is 14.5. The summed E-state index contributed by atoms with van der Waals surface area (Å²) in [4.78, 5) is 18.9. The van der Waals surface area contributed by atoms with Crippen LogP contribution in [0.25, 0.3) is 22.3 Å². The van der Waals surface area contributed by atoms with E-state index in [-0.39, 0.29) is 11.5 Å². The maximum Gasteiger partial charge on any atom is 0.282 e.